The fourth-order valence-corrected chi connectivity index (χ4v) is 3.73. The van der Waals surface area contributed by atoms with Crippen LogP contribution in [0.15, 0.2) is 85.8 Å². The molecule has 0 aliphatic rings. The second kappa shape index (κ2) is 7.86. The zero-order valence-corrected chi connectivity index (χ0v) is 17.7. The van der Waals surface area contributed by atoms with Gasteiger partial charge in [-0.05, 0) is 55.5 Å². The number of hydrogen-bond donors (Lipinski definition) is 1. The van der Waals surface area contributed by atoms with E-state index in [-0.39, 0.29) is 10.5 Å². The van der Waals surface area contributed by atoms with Crippen molar-refractivity contribution in [3.63, 3.8) is 0 Å². The highest BCUT2D eigenvalue weighted by Gasteiger charge is 2.15. The molecule has 0 radical (unpaired) electrons. The van der Waals surface area contributed by atoms with Crippen LogP contribution < -0.4 is 10.7 Å². The lowest BCUT2D eigenvalue weighted by molar-refractivity contribution is 0.575. The molecule has 0 spiro atoms. The number of hydrogen-bond acceptors (Lipinski definition) is 5. The molecule has 0 atom stereocenters. The van der Waals surface area contributed by atoms with E-state index in [0.29, 0.717) is 22.8 Å². The van der Waals surface area contributed by atoms with E-state index in [9.17, 15) is 13.2 Å². The predicted octanol–water partition coefficient (Wildman–Crippen LogP) is 3.14. The van der Waals surface area contributed by atoms with Crippen LogP contribution in [0.2, 0.25) is 0 Å². The summed E-state index contributed by atoms with van der Waals surface area (Å²) in [5.74, 6) is 0.994. The summed E-state index contributed by atoms with van der Waals surface area (Å²) in [4.78, 5) is 17.3. The lowest BCUT2D eigenvalue weighted by Crippen LogP contribution is -2.19. The Labute approximate surface area is 178 Å². The van der Waals surface area contributed by atoms with E-state index in [0.717, 1.165) is 11.4 Å². The van der Waals surface area contributed by atoms with Crippen molar-refractivity contribution < 1.29 is 12.8 Å². The topological polar surface area (TPSA) is 113 Å². The molecule has 0 saturated heterocycles. The highest BCUT2D eigenvalue weighted by Crippen LogP contribution is 2.23. The summed E-state index contributed by atoms with van der Waals surface area (Å²) in [6.45, 7) is 1.83. The molecule has 4 aromatic rings. The molecule has 4 rings (SSSR count). The molecular formula is C22H20N4O4S. The second-order valence-corrected chi connectivity index (χ2v) is 8.50. The Morgan fingerprint density at radius 1 is 1.00 bits per heavy atom. The van der Waals surface area contributed by atoms with Gasteiger partial charge in [-0.1, -0.05) is 18.2 Å². The molecule has 0 aliphatic carbocycles. The van der Waals surface area contributed by atoms with Gasteiger partial charge in [0.25, 0.3) is 5.56 Å². The standard InChI is InChI=1S/C22H20N4O4S/c1-15-21(22(27)26(25(15)2)17-6-4-3-5-7-17)24-14-18-10-13-20(30-18)16-8-11-19(12-9-16)31(23,28)29/h3-14H,1-2H3,(H2,23,28,29). The van der Waals surface area contributed by atoms with Gasteiger partial charge in [0.1, 0.15) is 11.5 Å². The molecule has 0 amide bonds. The molecule has 2 N–H and O–H groups in total. The molecule has 0 aliphatic heterocycles. The van der Waals surface area contributed by atoms with E-state index in [2.05, 4.69) is 4.99 Å². The van der Waals surface area contributed by atoms with Crippen LogP contribution in [0.25, 0.3) is 17.0 Å². The number of para-hydroxylation sites is 1. The van der Waals surface area contributed by atoms with Crippen LogP contribution >= 0.6 is 0 Å². The van der Waals surface area contributed by atoms with E-state index in [4.69, 9.17) is 9.56 Å². The molecule has 0 fully saturated rings. The van der Waals surface area contributed by atoms with Crippen molar-refractivity contribution in [1.82, 2.24) is 9.36 Å². The van der Waals surface area contributed by atoms with Gasteiger partial charge in [-0.25, -0.2) is 23.2 Å². The molecule has 158 valence electrons. The lowest BCUT2D eigenvalue weighted by Gasteiger charge is -2.07. The highest BCUT2D eigenvalue weighted by molar-refractivity contribution is 7.89. The van der Waals surface area contributed by atoms with E-state index >= 15 is 0 Å². The molecule has 2 heterocycles. The van der Waals surface area contributed by atoms with Gasteiger partial charge in [0.05, 0.1) is 22.5 Å². The Kier molecular flexibility index (Phi) is 5.22. The minimum absolute atomic E-state index is 0.0267. The van der Waals surface area contributed by atoms with E-state index in [1.165, 1.54) is 18.3 Å². The third-order valence-electron chi connectivity index (χ3n) is 4.94. The van der Waals surface area contributed by atoms with Crippen LogP contribution in [0.4, 0.5) is 5.69 Å². The second-order valence-electron chi connectivity index (χ2n) is 6.94. The average molecular weight is 436 g/mol. The Balaban J connectivity index is 1.62. The number of rotatable bonds is 5. The first-order valence-corrected chi connectivity index (χ1v) is 10.9. The van der Waals surface area contributed by atoms with Crippen LogP contribution in [0.3, 0.4) is 0 Å². The zero-order chi connectivity index (χ0) is 22.2. The predicted molar refractivity (Wildman–Crippen MR) is 119 cm³/mol. The van der Waals surface area contributed by atoms with Crippen molar-refractivity contribution in [3.05, 3.63) is 88.5 Å². The van der Waals surface area contributed by atoms with Crippen LogP contribution in [0.5, 0.6) is 0 Å². The number of primary sulfonamides is 1. The largest absolute Gasteiger partial charge is 0.455 e. The number of benzene rings is 2. The normalized spacial score (nSPS) is 12.0. The summed E-state index contributed by atoms with van der Waals surface area (Å²) in [5, 5.41) is 5.12. The smallest absolute Gasteiger partial charge is 0.297 e. The molecule has 31 heavy (non-hydrogen) atoms. The maximum atomic E-state index is 12.9. The van der Waals surface area contributed by atoms with E-state index in [1.807, 2.05) is 37.3 Å². The van der Waals surface area contributed by atoms with Crippen molar-refractivity contribution >= 4 is 21.9 Å². The van der Waals surface area contributed by atoms with Gasteiger partial charge in [-0.3, -0.25) is 9.48 Å². The minimum Gasteiger partial charge on any atom is -0.455 e. The van der Waals surface area contributed by atoms with Gasteiger partial charge in [-0.2, -0.15) is 0 Å². The van der Waals surface area contributed by atoms with Crippen LogP contribution in [-0.2, 0) is 17.1 Å². The third-order valence-corrected chi connectivity index (χ3v) is 5.87. The zero-order valence-electron chi connectivity index (χ0n) is 16.9. The van der Waals surface area contributed by atoms with Crippen molar-refractivity contribution in [2.45, 2.75) is 11.8 Å². The number of aromatic nitrogens is 2. The van der Waals surface area contributed by atoms with Gasteiger partial charge < -0.3 is 4.42 Å². The maximum Gasteiger partial charge on any atom is 0.297 e. The van der Waals surface area contributed by atoms with Gasteiger partial charge in [0.15, 0.2) is 5.69 Å². The summed E-state index contributed by atoms with van der Waals surface area (Å²) >= 11 is 0. The van der Waals surface area contributed by atoms with Crippen molar-refractivity contribution in [1.29, 1.82) is 0 Å². The number of aliphatic imine (C=N–C) groups is 1. The first-order chi connectivity index (χ1) is 14.8. The van der Waals surface area contributed by atoms with Crippen LogP contribution in [0.1, 0.15) is 11.5 Å². The van der Waals surface area contributed by atoms with Crippen LogP contribution in [0, 0.1) is 6.92 Å². The Morgan fingerprint density at radius 3 is 2.32 bits per heavy atom. The van der Waals surface area contributed by atoms with Gasteiger partial charge in [-0.15, -0.1) is 0 Å². The molecule has 0 saturated carbocycles. The van der Waals surface area contributed by atoms with Crippen molar-refractivity contribution in [2.24, 2.45) is 17.2 Å². The fourth-order valence-electron chi connectivity index (χ4n) is 3.22. The first-order valence-electron chi connectivity index (χ1n) is 9.37. The molecule has 0 unspecified atom stereocenters. The molecule has 2 aromatic heterocycles. The van der Waals surface area contributed by atoms with Crippen LogP contribution in [-0.4, -0.2) is 24.0 Å². The quantitative estimate of drug-likeness (QED) is 0.484. The van der Waals surface area contributed by atoms with E-state index < -0.39 is 10.0 Å². The van der Waals surface area contributed by atoms with E-state index in [1.54, 1.807) is 40.7 Å². The highest BCUT2D eigenvalue weighted by atomic mass is 32.2. The molecule has 0 bridgehead atoms. The third kappa shape index (κ3) is 4.00. The van der Waals surface area contributed by atoms with Crippen molar-refractivity contribution in [2.75, 3.05) is 0 Å². The molecule has 8 nitrogen and oxygen atoms in total. The van der Waals surface area contributed by atoms with Gasteiger partial charge in [0.2, 0.25) is 10.0 Å². The first kappa shape index (κ1) is 20.6. The molecular weight excluding hydrogens is 416 g/mol. The fraction of sp³-hybridized carbons (Fsp3) is 0.0909. The Bertz CT molecular complexity index is 1430. The summed E-state index contributed by atoms with van der Waals surface area (Å²) in [6.07, 6.45) is 1.49. The molecule has 9 heteroatoms. The summed E-state index contributed by atoms with van der Waals surface area (Å²) < 4.78 is 31.9. The summed E-state index contributed by atoms with van der Waals surface area (Å²) in [7, 11) is -1.95. The van der Waals surface area contributed by atoms with Gasteiger partial charge in [0, 0.05) is 12.6 Å². The number of nitrogens with two attached hydrogens (primary N) is 1. The number of sulfonamides is 1. The summed E-state index contributed by atoms with van der Waals surface area (Å²) in [5.41, 5.74) is 2.25. The Hall–Kier alpha value is -3.69. The minimum atomic E-state index is -3.75. The maximum absolute atomic E-state index is 12.9. The summed E-state index contributed by atoms with van der Waals surface area (Å²) in [6, 6.07) is 18.9. The monoisotopic (exact) mass is 436 g/mol. The van der Waals surface area contributed by atoms with Crippen molar-refractivity contribution in [3.8, 4) is 17.0 Å². The number of nitrogens with zero attached hydrogens (tertiary/aromatic N) is 3. The molecule has 2 aromatic carbocycles. The lowest BCUT2D eigenvalue weighted by atomic mass is 10.2. The average Bonchev–Trinajstić information content (AvgIpc) is 3.30. The van der Waals surface area contributed by atoms with Gasteiger partial charge >= 0.3 is 0 Å². The SMILES string of the molecule is Cc1c(N=Cc2ccc(-c3ccc(S(N)(=O)=O)cc3)o2)c(=O)n(-c2ccccc2)n1C. The number of furan rings is 1. The Morgan fingerprint density at radius 2 is 1.68 bits per heavy atom.